The molecule has 0 radical (unpaired) electrons. The molecule has 1 saturated heterocycles. The van der Waals surface area contributed by atoms with Gasteiger partial charge in [-0.3, -0.25) is 9.59 Å². The quantitative estimate of drug-likeness (QED) is 0.665. The Bertz CT molecular complexity index is 1050. The molecule has 0 spiro atoms. The summed E-state index contributed by atoms with van der Waals surface area (Å²) >= 11 is 1.89. The van der Waals surface area contributed by atoms with Gasteiger partial charge in [0.1, 0.15) is 5.75 Å². The van der Waals surface area contributed by atoms with Crippen LogP contribution in [0.1, 0.15) is 48.1 Å². The van der Waals surface area contributed by atoms with Crippen molar-refractivity contribution in [3.05, 3.63) is 64.7 Å². The molecule has 33 heavy (non-hydrogen) atoms. The third-order valence-electron chi connectivity index (χ3n) is 6.90. The number of hydrogen-bond donors (Lipinski definition) is 0. The van der Waals surface area contributed by atoms with Crippen molar-refractivity contribution in [3.8, 4) is 5.75 Å². The van der Waals surface area contributed by atoms with E-state index in [4.69, 9.17) is 4.74 Å². The Morgan fingerprint density at radius 3 is 2.58 bits per heavy atom. The molecule has 3 aliphatic rings. The monoisotopic (exact) mass is 464 g/mol. The van der Waals surface area contributed by atoms with E-state index in [0.29, 0.717) is 5.75 Å². The Labute approximate surface area is 200 Å². The number of rotatable bonds is 5. The summed E-state index contributed by atoms with van der Waals surface area (Å²) in [5.41, 5.74) is 4.69. The largest absolute Gasteiger partial charge is 0.481 e. The van der Waals surface area contributed by atoms with E-state index in [0.717, 1.165) is 61.5 Å². The first-order valence-electron chi connectivity index (χ1n) is 12.0. The summed E-state index contributed by atoms with van der Waals surface area (Å²) in [5.74, 6) is 3.16. The van der Waals surface area contributed by atoms with E-state index in [-0.39, 0.29) is 23.8 Å². The maximum absolute atomic E-state index is 13.2. The molecule has 5 rings (SSSR count). The highest BCUT2D eigenvalue weighted by atomic mass is 32.2. The number of ether oxygens (including phenoxy) is 1. The van der Waals surface area contributed by atoms with Crippen LogP contribution in [0.3, 0.4) is 0 Å². The lowest BCUT2D eigenvalue weighted by Crippen LogP contribution is -2.44. The standard InChI is InChI=1S/C27H32N2O3S/c1-18-4-3-5-22(16-18)25-24-17-23(32-19(2)26(30)28-12-14-33-15-13-28)9-8-20(24)10-11-29(25)27(31)21-6-7-21/h3-5,8-9,16-17,19,21,25H,6-7,10-15H2,1-2H3/t19-,25-/m1/s1. The van der Waals surface area contributed by atoms with Gasteiger partial charge in [-0.15, -0.1) is 0 Å². The summed E-state index contributed by atoms with van der Waals surface area (Å²) < 4.78 is 6.16. The van der Waals surface area contributed by atoms with E-state index >= 15 is 0 Å². The Morgan fingerprint density at radius 2 is 1.85 bits per heavy atom. The van der Waals surface area contributed by atoms with Gasteiger partial charge >= 0.3 is 0 Å². The van der Waals surface area contributed by atoms with E-state index in [1.165, 1.54) is 11.1 Å². The summed E-state index contributed by atoms with van der Waals surface area (Å²) in [5, 5.41) is 0. The summed E-state index contributed by atoms with van der Waals surface area (Å²) in [4.78, 5) is 30.1. The molecule has 6 heteroatoms. The van der Waals surface area contributed by atoms with Gasteiger partial charge in [0.15, 0.2) is 6.10 Å². The Morgan fingerprint density at radius 1 is 1.06 bits per heavy atom. The van der Waals surface area contributed by atoms with E-state index in [1.807, 2.05) is 29.7 Å². The number of carbonyl (C=O) groups is 2. The number of amides is 2. The zero-order chi connectivity index (χ0) is 22.9. The number of thioether (sulfide) groups is 1. The van der Waals surface area contributed by atoms with Crippen LogP contribution in [0.5, 0.6) is 5.75 Å². The molecule has 1 saturated carbocycles. The van der Waals surface area contributed by atoms with Crippen LogP contribution in [-0.4, -0.2) is 58.9 Å². The maximum atomic E-state index is 13.2. The minimum atomic E-state index is -0.531. The smallest absolute Gasteiger partial charge is 0.263 e. The van der Waals surface area contributed by atoms with Crippen molar-refractivity contribution >= 4 is 23.6 Å². The van der Waals surface area contributed by atoms with E-state index in [9.17, 15) is 9.59 Å². The molecule has 0 aromatic heterocycles. The molecule has 2 fully saturated rings. The van der Waals surface area contributed by atoms with Crippen molar-refractivity contribution in [1.82, 2.24) is 9.80 Å². The van der Waals surface area contributed by atoms with E-state index in [2.05, 4.69) is 48.2 Å². The summed E-state index contributed by atoms with van der Waals surface area (Å²) in [7, 11) is 0. The average Bonchev–Trinajstić information content (AvgIpc) is 3.68. The van der Waals surface area contributed by atoms with Crippen LogP contribution < -0.4 is 4.74 Å². The molecule has 0 N–H and O–H groups in total. The second-order valence-corrected chi connectivity index (χ2v) is 10.7. The van der Waals surface area contributed by atoms with Crippen LogP contribution >= 0.6 is 11.8 Å². The van der Waals surface area contributed by atoms with Crippen molar-refractivity contribution in [3.63, 3.8) is 0 Å². The number of nitrogens with zero attached hydrogens (tertiary/aromatic N) is 2. The molecule has 2 aliphatic heterocycles. The second kappa shape index (κ2) is 9.41. The number of aryl methyl sites for hydroxylation is 1. The molecule has 0 bridgehead atoms. The van der Waals surface area contributed by atoms with Crippen molar-refractivity contribution in [1.29, 1.82) is 0 Å². The third-order valence-corrected chi connectivity index (χ3v) is 7.84. The summed E-state index contributed by atoms with van der Waals surface area (Å²) in [6.07, 6.45) is 2.31. The Balaban J connectivity index is 1.44. The molecule has 2 atom stereocenters. The molecule has 5 nitrogen and oxygen atoms in total. The van der Waals surface area contributed by atoms with Crippen molar-refractivity contribution in [2.75, 3.05) is 31.1 Å². The minimum absolute atomic E-state index is 0.0498. The van der Waals surface area contributed by atoms with Crippen LogP contribution in [0.25, 0.3) is 0 Å². The van der Waals surface area contributed by atoms with Crippen LogP contribution in [0.4, 0.5) is 0 Å². The predicted octanol–water partition coefficient (Wildman–Crippen LogP) is 4.22. The first-order valence-corrected chi connectivity index (χ1v) is 13.2. The minimum Gasteiger partial charge on any atom is -0.481 e. The Hall–Kier alpha value is -2.47. The molecule has 2 aromatic carbocycles. The molecule has 0 unspecified atom stereocenters. The maximum Gasteiger partial charge on any atom is 0.263 e. The van der Waals surface area contributed by atoms with Crippen molar-refractivity contribution < 1.29 is 14.3 Å². The average molecular weight is 465 g/mol. The van der Waals surface area contributed by atoms with Gasteiger partial charge in [-0.05, 0) is 61.9 Å². The van der Waals surface area contributed by atoms with Crippen LogP contribution in [0.2, 0.25) is 0 Å². The van der Waals surface area contributed by atoms with Gasteiger partial charge < -0.3 is 14.5 Å². The van der Waals surface area contributed by atoms with Gasteiger partial charge in [-0.2, -0.15) is 11.8 Å². The lowest BCUT2D eigenvalue weighted by Gasteiger charge is -2.38. The molecule has 2 aromatic rings. The van der Waals surface area contributed by atoms with Crippen LogP contribution in [0.15, 0.2) is 42.5 Å². The van der Waals surface area contributed by atoms with Crippen LogP contribution in [0, 0.1) is 12.8 Å². The number of hydrogen-bond acceptors (Lipinski definition) is 4. The SMILES string of the molecule is Cc1cccc([C@@H]2c3cc(O[C@H](C)C(=O)N4CCSCC4)ccc3CCN2C(=O)C2CC2)c1. The molecular weight excluding hydrogens is 432 g/mol. The zero-order valence-corrected chi connectivity index (χ0v) is 20.3. The van der Waals surface area contributed by atoms with Gasteiger partial charge in [-0.1, -0.05) is 35.9 Å². The first kappa shape index (κ1) is 22.3. The fourth-order valence-electron chi connectivity index (χ4n) is 4.96. The lowest BCUT2D eigenvalue weighted by molar-refractivity contribution is -0.137. The fourth-order valence-corrected chi connectivity index (χ4v) is 5.87. The van der Waals surface area contributed by atoms with Gasteiger partial charge in [0.2, 0.25) is 5.91 Å². The van der Waals surface area contributed by atoms with Crippen LogP contribution in [-0.2, 0) is 16.0 Å². The van der Waals surface area contributed by atoms with Gasteiger partial charge in [0, 0.05) is 37.1 Å². The normalized spacial score (nSPS) is 21.3. The number of carbonyl (C=O) groups excluding carboxylic acids is 2. The highest BCUT2D eigenvalue weighted by molar-refractivity contribution is 7.99. The lowest BCUT2D eigenvalue weighted by atomic mass is 9.87. The number of benzene rings is 2. The highest BCUT2D eigenvalue weighted by Crippen LogP contribution is 2.41. The second-order valence-electron chi connectivity index (χ2n) is 9.43. The third kappa shape index (κ3) is 4.77. The molecule has 174 valence electrons. The van der Waals surface area contributed by atoms with Crippen molar-refractivity contribution in [2.45, 2.75) is 45.3 Å². The van der Waals surface area contributed by atoms with E-state index < -0.39 is 6.10 Å². The molecular formula is C27H32N2O3S. The first-order chi connectivity index (χ1) is 16.0. The van der Waals surface area contributed by atoms with Gasteiger partial charge in [0.25, 0.3) is 5.91 Å². The molecule has 2 heterocycles. The predicted molar refractivity (Wildman–Crippen MR) is 132 cm³/mol. The summed E-state index contributed by atoms with van der Waals surface area (Å²) in [6.45, 7) is 6.24. The zero-order valence-electron chi connectivity index (χ0n) is 19.5. The van der Waals surface area contributed by atoms with Gasteiger partial charge in [-0.25, -0.2) is 0 Å². The number of fused-ring (bicyclic) bond motifs is 1. The topological polar surface area (TPSA) is 49.9 Å². The summed E-state index contributed by atoms with van der Waals surface area (Å²) in [6, 6.07) is 14.5. The highest BCUT2D eigenvalue weighted by Gasteiger charge is 2.39. The fraction of sp³-hybridized carbons (Fsp3) is 0.481. The molecule has 2 amide bonds. The van der Waals surface area contributed by atoms with Gasteiger partial charge in [0.05, 0.1) is 6.04 Å². The van der Waals surface area contributed by atoms with Crippen molar-refractivity contribution in [2.24, 2.45) is 5.92 Å². The Kier molecular flexibility index (Phi) is 6.37. The van der Waals surface area contributed by atoms with E-state index in [1.54, 1.807) is 0 Å². The molecule has 1 aliphatic carbocycles.